The zero-order valence-corrected chi connectivity index (χ0v) is 12.0. The Hall–Kier alpha value is -2.53. The van der Waals surface area contributed by atoms with Crippen LogP contribution in [0, 0.1) is 22.7 Å². The van der Waals surface area contributed by atoms with Gasteiger partial charge in [0.1, 0.15) is 6.17 Å². The summed E-state index contributed by atoms with van der Waals surface area (Å²) in [7, 11) is 0. The molecule has 1 atom stereocenters. The summed E-state index contributed by atoms with van der Waals surface area (Å²) in [5, 5.41) is 18.6. The van der Waals surface area contributed by atoms with Crippen LogP contribution in [0.3, 0.4) is 0 Å². The van der Waals surface area contributed by atoms with Gasteiger partial charge in [0, 0.05) is 30.2 Å². The lowest BCUT2D eigenvalue weighted by Crippen LogP contribution is -2.32. The van der Waals surface area contributed by atoms with E-state index in [2.05, 4.69) is 28.9 Å². The summed E-state index contributed by atoms with van der Waals surface area (Å²) in [5.41, 5.74) is 3.16. The van der Waals surface area contributed by atoms with Gasteiger partial charge in [0.05, 0.1) is 29.6 Å². The monoisotopic (exact) mass is 267 g/mol. The van der Waals surface area contributed by atoms with E-state index in [1.807, 2.05) is 24.6 Å². The third-order valence-corrected chi connectivity index (χ3v) is 3.75. The molecular weight excluding hydrogens is 250 g/mol. The normalized spacial score (nSPS) is 16.9. The number of allylic oxidation sites excluding steroid dienone is 4. The Balaban J connectivity index is 2.53. The maximum Gasteiger partial charge on any atom is 0.110 e. The lowest BCUT2D eigenvalue weighted by Gasteiger charge is -2.38. The first-order valence-electron chi connectivity index (χ1n) is 6.60. The predicted molar refractivity (Wildman–Crippen MR) is 74.6 cm³/mol. The predicted octanol–water partition coefficient (Wildman–Crippen LogP) is 3.09. The second-order valence-electron chi connectivity index (χ2n) is 4.80. The Morgan fingerprint density at radius 1 is 1.25 bits per heavy atom. The summed E-state index contributed by atoms with van der Waals surface area (Å²) in [6, 6.07) is 4.44. The van der Waals surface area contributed by atoms with Crippen LogP contribution in [0.2, 0.25) is 0 Å². The Morgan fingerprint density at radius 3 is 2.25 bits per heavy atom. The SMILES string of the molecule is CCC(N1C(C)=C(C#N)CC(C#N)=C1C)n1ccnc1. The van der Waals surface area contributed by atoms with Crippen molar-refractivity contribution in [1.29, 1.82) is 10.5 Å². The maximum atomic E-state index is 9.28. The molecule has 1 aromatic rings. The van der Waals surface area contributed by atoms with Gasteiger partial charge >= 0.3 is 0 Å². The van der Waals surface area contributed by atoms with Crippen LogP contribution >= 0.6 is 0 Å². The molecule has 0 bridgehead atoms. The van der Waals surface area contributed by atoms with Gasteiger partial charge in [-0.05, 0) is 20.3 Å². The van der Waals surface area contributed by atoms with E-state index < -0.39 is 0 Å². The maximum absolute atomic E-state index is 9.28. The Morgan fingerprint density at radius 2 is 1.85 bits per heavy atom. The number of hydrogen-bond acceptors (Lipinski definition) is 4. The van der Waals surface area contributed by atoms with Gasteiger partial charge in [-0.3, -0.25) is 0 Å². The van der Waals surface area contributed by atoms with Gasteiger partial charge in [0.2, 0.25) is 0 Å². The largest absolute Gasteiger partial charge is 0.326 e. The number of nitriles is 2. The Labute approximate surface area is 119 Å². The number of rotatable bonds is 3. The standard InChI is InChI=1S/C15H17N5/c1-4-15(19-6-5-18-10-19)20-11(2)13(8-16)7-14(9-17)12(20)3/h5-6,10,15H,4,7H2,1-3H3. The quantitative estimate of drug-likeness (QED) is 0.843. The van der Waals surface area contributed by atoms with Crippen molar-refractivity contribution < 1.29 is 0 Å². The van der Waals surface area contributed by atoms with Crippen LogP contribution in [-0.2, 0) is 0 Å². The van der Waals surface area contributed by atoms with Crippen molar-refractivity contribution in [2.24, 2.45) is 0 Å². The van der Waals surface area contributed by atoms with Gasteiger partial charge in [0.15, 0.2) is 0 Å². The second kappa shape index (κ2) is 5.63. The molecule has 0 N–H and O–H groups in total. The van der Waals surface area contributed by atoms with E-state index in [1.54, 1.807) is 12.5 Å². The lowest BCUT2D eigenvalue weighted by molar-refractivity contribution is 0.220. The van der Waals surface area contributed by atoms with Crippen molar-refractivity contribution in [2.45, 2.75) is 39.8 Å². The minimum absolute atomic E-state index is 0.0319. The van der Waals surface area contributed by atoms with Crippen molar-refractivity contribution in [2.75, 3.05) is 0 Å². The molecule has 5 nitrogen and oxygen atoms in total. The average molecular weight is 267 g/mol. The van der Waals surface area contributed by atoms with E-state index in [0.29, 0.717) is 17.6 Å². The highest BCUT2D eigenvalue weighted by Crippen LogP contribution is 2.35. The third-order valence-electron chi connectivity index (χ3n) is 3.75. The van der Waals surface area contributed by atoms with Gasteiger partial charge in [-0.15, -0.1) is 0 Å². The molecule has 0 amide bonds. The van der Waals surface area contributed by atoms with E-state index in [4.69, 9.17) is 0 Å². The summed E-state index contributed by atoms with van der Waals surface area (Å²) in [5.74, 6) is 0. The fraction of sp³-hybridized carbons (Fsp3) is 0.400. The first-order valence-corrected chi connectivity index (χ1v) is 6.60. The molecule has 0 radical (unpaired) electrons. The molecule has 0 aliphatic carbocycles. The van der Waals surface area contributed by atoms with Crippen LogP contribution in [0.4, 0.5) is 0 Å². The van der Waals surface area contributed by atoms with Gasteiger partial charge in [-0.1, -0.05) is 6.92 Å². The zero-order valence-electron chi connectivity index (χ0n) is 12.0. The Kier molecular flexibility index (Phi) is 3.91. The highest BCUT2D eigenvalue weighted by molar-refractivity contribution is 5.43. The summed E-state index contributed by atoms with van der Waals surface area (Å²) in [6.07, 6.45) is 6.72. The van der Waals surface area contributed by atoms with Crippen LogP contribution in [-0.4, -0.2) is 14.5 Å². The number of aromatic nitrogens is 2. The molecule has 20 heavy (non-hydrogen) atoms. The van der Waals surface area contributed by atoms with E-state index in [1.165, 1.54) is 0 Å². The van der Waals surface area contributed by atoms with Crippen molar-refractivity contribution in [3.05, 3.63) is 41.3 Å². The van der Waals surface area contributed by atoms with Crippen molar-refractivity contribution >= 4 is 0 Å². The molecule has 2 heterocycles. The van der Waals surface area contributed by atoms with E-state index in [0.717, 1.165) is 17.8 Å². The van der Waals surface area contributed by atoms with Crippen LogP contribution in [0.5, 0.6) is 0 Å². The summed E-state index contributed by atoms with van der Waals surface area (Å²) >= 11 is 0. The number of nitrogens with zero attached hydrogens (tertiary/aromatic N) is 5. The molecule has 0 saturated heterocycles. The first kappa shape index (κ1) is 13.9. The van der Waals surface area contributed by atoms with Crippen molar-refractivity contribution in [3.63, 3.8) is 0 Å². The van der Waals surface area contributed by atoms with Crippen LogP contribution in [0.15, 0.2) is 41.3 Å². The highest BCUT2D eigenvalue weighted by atomic mass is 15.3. The van der Waals surface area contributed by atoms with Gasteiger partial charge in [-0.25, -0.2) is 4.98 Å². The minimum atomic E-state index is 0.0319. The fourth-order valence-electron chi connectivity index (χ4n) is 2.64. The van der Waals surface area contributed by atoms with Crippen molar-refractivity contribution in [3.8, 4) is 12.1 Å². The molecule has 5 heteroatoms. The number of hydrogen-bond donors (Lipinski definition) is 0. The van der Waals surface area contributed by atoms with Gasteiger partial charge in [-0.2, -0.15) is 10.5 Å². The second-order valence-corrected chi connectivity index (χ2v) is 4.80. The topological polar surface area (TPSA) is 68.6 Å². The van der Waals surface area contributed by atoms with Crippen LogP contribution in [0.25, 0.3) is 0 Å². The Bertz CT molecular complexity index is 601. The van der Waals surface area contributed by atoms with E-state index >= 15 is 0 Å². The van der Waals surface area contributed by atoms with E-state index in [9.17, 15) is 10.5 Å². The van der Waals surface area contributed by atoms with Crippen molar-refractivity contribution in [1.82, 2.24) is 14.5 Å². The van der Waals surface area contributed by atoms with Gasteiger partial charge < -0.3 is 9.47 Å². The molecule has 0 fully saturated rings. The molecule has 2 rings (SSSR count). The van der Waals surface area contributed by atoms with Gasteiger partial charge in [0.25, 0.3) is 0 Å². The molecule has 0 spiro atoms. The first-order chi connectivity index (χ1) is 9.63. The fourth-order valence-corrected chi connectivity index (χ4v) is 2.64. The lowest BCUT2D eigenvalue weighted by atomic mass is 9.97. The van der Waals surface area contributed by atoms with Crippen LogP contribution in [0.1, 0.15) is 39.8 Å². The smallest absolute Gasteiger partial charge is 0.110 e. The molecule has 0 saturated carbocycles. The summed E-state index contributed by atoms with van der Waals surface area (Å²) in [4.78, 5) is 6.16. The summed E-state index contributed by atoms with van der Waals surface area (Å²) in [6.45, 7) is 5.96. The molecule has 102 valence electrons. The number of imidazole rings is 1. The highest BCUT2D eigenvalue weighted by Gasteiger charge is 2.28. The minimum Gasteiger partial charge on any atom is -0.326 e. The molecule has 1 unspecified atom stereocenters. The molecule has 1 aromatic heterocycles. The molecular formula is C15H17N5. The average Bonchev–Trinajstić information content (AvgIpc) is 2.97. The molecule has 0 aromatic carbocycles. The third kappa shape index (κ3) is 2.19. The zero-order chi connectivity index (χ0) is 14.7. The summed E-state index contributed by atoms with van der Waals surface area (Å²) < 4.78 is 2.00. The van der Waals surface area contributed by atoms with Crippen LogP contribution < -0.4 is 0 Å². The molecule has 1 aliphatic rings. The molecule has 1 aliphatic heterocycles. The van der Waals surface area contributed by atoms with E-state index in [-0.39, 0.29) is 6.17 Å².